The average Bonchev–Trinajstić information content (AvgIpc) is 3.10. The fraction of sp³-hybridized carbons (Fsp3) is 0.500. The summed E-state index contributed by atoms with van der Waals surface area (Å²) in [6.45, 7) is 6.90. The highest BCUT2D eigenvalue weighted by molar-refractivity contribution is 7.07. The van der Waals surface area contributed by atoms with Crippen LogP contribution in [0.1, 0.15) is 49.9 Å². The van der Waals surface area contributed by atoms with Gasteiger partial charge in [-0.2, -0.15) is 11.3 Å². The van der Waals surface area contributed by atoms with Crippen molar-refractivity contribution >= 4 is 11.3 Å². The van der Waals surface area contributed by atoms with E-state index in [-0.39, 0.29) is 0 Å². The summed E-state index contributed by atoms with van der Waals surface area (Å²) < 4.78 is 0. The number of thiophene rings is 1. The van der Waals surface area contributed by atoms with Crippen LogP contribution in [-0.4, -0.2) is 29.0 Å². The molecule has 2 aromatic heterocycles. The Morgan fingerprint density at radius 1 is 1.14 bits per heavy atom. The Morgan fingerprint density at radius 2 is 1.86 bits per heavy atom. The summed E-state index contributed by atoms with van der Waals surface area (Å²) >= 11 is 1.78. The molecule has 0 saturated carbocycles. The van der Waals surface area contributed by atoms with Gasteiger partial charge in [-0.05, 0) is 66.8 Å². The highest BCUT2D eigenvalue weighted by Crippen LogP contribution is 2.25. The van der Waals surface area contributed by atoms with Gasteiger partial charge in [0.1, 0.15) is 0 Å². The summed E-state index contributed by atoms with van der Waals surface area (Å²) in [5.41, 5.74) is 2.78. The molecule has 2 atom stereocenters. The minimum Gasteiger partial charge on any atom is -0.307 e. The van der Waals surface area contributed by atoms with Crippen LogP contribution in [-0.2, 0) is 0 Å². The van der Waals surface area contributed by atoms with E-state index in [1.165, 1.54) is 24.0 Å². The molecule has 0 spiro atoms. The lowest BCUT2D eigenvalue weighted by molar-refractivity contribution is 0.149. The topological polar surface area (TPSA) is 28.2 Å². The van der Waals surface area contributed by atoms with Crippen molar-refractivity contribution in [2.75, 3.05) is 13.1 Å². The maximum atomic E-state index is 4.11. The van der Waals surface area contributed by atoms with Gasteiger partial charge in [0.05, 0.1) is 0 Å². The average molecular weight is 315 g/mol. The highest BCUT2D eigenvalue weighted by Gasteiger charge is 2.24. The van der Waals surface area contributed by atoms with Gasteiger partial charge >= 0.3 is 0 Å². The van der Waals surface area contributed by atoms with E-state index in [4.69, 9.17) is 0 Å². The molecule has 22 heavy (non-hydrogen) atoms. The van der Waals surface area contributed by atoms with Crippen LogP contribution in [0.4, 0.5) is 0 Å². The second kappa shape index (κ2) is 7.36. The molecule has 0 aromatic carbocycles. The predicted molar refractivity (Wildman–Crippen MR) is 93.1 cm³/mol. The summed E-state index contributed by atoms with van der Waals surface area (Å²) in [5, 5.41) is 8.20. The van der Waals surface area contributed by atoms with Crippen LogP contribution < -0.4 is 5.32 Å². The standard InChI is InChI=1S/C18H25N3S/c1-14(17-7-12-22-13-17)20-18-5-10-21(11-6-18)15(2)16-3-8-19-9-4-16/h3-4,7-9,12-15,18,20H,5-6,10-11H2,1-2H3/t14-,15+/m0/s1. The van der Waals surface area contributed by atoms with Crippen molar-refractivity contribution in [1.29, 1.82) is 0 Å². The summed E-state index contributed by atoms with van der Waals surface area (Å²) in [4.78, 5) is 6.70. The Labute approximate surface area is 137 Å². The SMILES string of the molecule is C[C@H](NC1CCN([C@H](C)c2ccncc2)CC1)c1ccsc1. The number of aromatic nitrogens is 1. The number of nitrogens with zero attached hydrogens (tertiary/aromatic N) is 2. The van der Waals surface area contributed by atoms with Gasteiger partial charge in [0.25, 0.3) is 0 Å². The van der Waals surface area contributed by atoms with Crippen molar-refractivity contribution in [3.8, 4) is 0 Å². The molecule has 3 rings (SSSR count). The molecule has 0 aliphatic carbocycles. The predicted octanol–water partition coefficient (Wildman–Crippen LogP) is 4.02. The Balaban J connectivity index is 1.50. The summed E-state index contributed by atoms with van der Waals surface area (Å²) in [5.74, 6) is 0. The number of nitrogens with one attached hydrogen (secondary N) is 1. The molecule has 1 aliphatic heterocycles. The van der Waals surface area contributed by atoms with Crippen LogP contribution in [0, 0.1) is 0 Å². The van der Waals surface area contributed by atoms with Crippen LogP contribution in [0.25, 0.3) is 0 Å². The Kier molecular flexibility index (Phi) is 5.24. The van der Waals surface area contributed by atoms with Gasteiger partial charge in [-0.25, -0.2) is 0 Å². The molecule has 0 unspecified atom stereocenters. The lowest BCUT2D eigenvalue weighted by Crippen LogP contribution is -2.44. The minimum absolute atomic E-state index is 0.459. The van der Waals surface area contributed by atoms with E-state index >= 15 is 0 Å². The summed E-state index contributed by atoms with van der Waals surface area (Å²) in [6.07, 6.45) is 6.24. The Hall–Kier alpha value is -1.23. The van der Waals surface area contributed by atoms with E-state index in [2.05, 4.69) is 58.0 Å². The number of piperidine rings is 1. The van der Waals surface area contributed by atoms with Gasteiger partial charge in [0, 0.05) is 43.6 Å². The van der Waals surface area contributed by atoms with Crippen molar-refractivity contribution in [2.45, 2.75) is 44.8 Å². The normalized spacial score (nSPS) is 19.9. The maximum Gasteiger partial charge on any atom is 0.0321 e. The third-order valence-electron chi connectivity index (χ3n) is 4.79. The zero-order valence-electron chi connectivity index (χ0n) is 13.4. The Bertz CT molecular complexity index is 547. The quantitative estimate of drug-likeness (QED) is 0.903. The fourth-order valence-electron chi connectivity index (χ4n) is 3.28. The van der Waals surface area contributed by atoms with E-state index < -0.39 is 0 Å². The minimum atomic E-state index is 0.459. The van der Waals surface area contributed by atoms with E-state index in [9.17, 15) is 0 Å². The third kappa shape index (κ3) is 3.75. The van der Waals surface area contributed by atoms with E-state index in [0.29, 0.717) is 18.1 Å². The fourth-order valence-corrected chi connectivity index (χ4v) is 4.03. The molecular weight excluding hydrogens is 290 g/mol. The van der Waals surface area contributed by atoms with Gasteiger partial charge in [-0.15, -0.1) is 0 Å². The third-order valence-corrected chi connectivity index (χ3v) is 5.50. The van der Waals surface area contributed by atoms with Crippen molar-refractivity contribution in [1.82, 2.24) is 15.2 Å². The molecule has 0 bridgehead atoms. The number of rotatable bonds is 5. The van der Waals surface area contributed by atoms with E-state index in [1.807, 2.05) is 12.4 Å². The molecule has 1 N–H and O–H groups in total. The molecule has 3 heterocycles. The molecule has 3 nitrogen and oxygen atoms in total. The largest absolute Gasteiger partial charge is 0.307 e. The molecule has 0 amide bonds. The molecule has 1 fully saturated rings. The van der Waals surface area contributed by atoms with Crippen LogP contribution in [0.5, 0.6) is 0 Å². The van der Waals surface area contributed by atoms with Crippen LogP contribution in [0.15, 0.2) is 41.4 Å². The molecule has 118 valence electrons. The molecule has 1 aliphatic rings. The van der Waals surface area contributed by atoms with Crippen molar-refractivity contribution < 1.29 is 0 Å². The number of hydrogen-bond acceptors (Lipinski definition) is 4. The maximum absolute atomic E-state index is 4.11. The second-order valence-electron chi connectivity index (χ2n) is 6.21. The first-order valence-electron chi connectivity index (χ1n) is 8.16. The van der Waals surface area contributed by atoms with Gasteiger partial charge in [0.15, 0.2) is 0 Å². The van der Waals surface area contributed by atoms with Gasteiger partial charge in [0.2, 0.25) is 0 Å². The number of likely N-dealkylation sites (tertiary alicyclic amines) is 1. The molecular formula is C18H25N3S. The molecule has 1 saturated heterocycles. The number of pyridine rings is 1. The molecule has 2 aromatic rings. The van der Waals surface area contributed by atoms with E-state index in [1.54, 1.807) is 11.3 Å². The second-order valence-corrected chi connectivity index (χ2v) is 6.99. The molecule has 4 heteroatoms. The van der Waals surface area contributed by atoms with E-state index in [0.717, 1.165) is 13.1 Å². The first kappa shape index (κ1) is 15.7. The van der Waals surface area contributed by atoms with Crippen LogP contribution >= 0.6 is 11.3 Å². The summed E-state index contributed by atoms with van der Waals surface area (Å²) in [7, 11) is 0. The lowest BCUT2D eigenvalue weighted by atomic mass is 9.99. The Morgan fingerprint density at radius 3 is 2.50 bits per heavy atom. The van der Waals surface area contributed by atoms with Crippen LogP contribution in [0.3, 0.4) is 0 Å². The zero-order chi connectivity index (χ0) is 15.4. The monoisotopic (exact) mass is 315 g/mol. The number of hydrogen-bond donors (Lipinski definition) is 1. The van der Waals surface area contributed by atoms with Gasteiger partial charge in [-0.3, -0.25) is 9.88 Å². The summed E-state index contributed by atoms with van der Waals surface area (Å²) in [6, 6.07) is 8.07. The first-order chi connectivity index (χ1) is 10.7. The van der Waals surface area contributed by atoms with Gasteiger partial charge in [-0.1, -0.05) is 0 Å². The lowest BCUT2D eigenvalue weighted by Gasteiger charge is -2.37. The smallest absolute Gasteiger partial charge is 0.0321 e. The highest BCUT2D eigenvalue weighted by atomic mass is 32.1. The zero-order valence-corrected chi connectivity index (χ0v) is 14.2. The van der Waals surface area contributed by atoms with Crippen molar-refractivity contribution in [3.05, 3.63) is 52.5 Å². The van der Waals surface area contributed by atoms with Crippen LogP contribution in [0.2, 0.25) is 0 Å². The first-order valence-corrected chi connectivity index (χ1v) is 9.10. The van der Waals surface area contributed by atoms with Gasteiger partial charge < -0.3 is 5.32 Å². The van der Waals surface area contributed by atoms with Crippen molar-refractivity contribution in [2.24, 2.45) is 0 Å². The van der Waals surface area contributed by atoms with Crippen molar-refractivity contribution in [3.63, 3.8) is 0 Å². The molecule has 0 radical (unpaired) electrons.